The maximum absolute atomic E-state index is 11.2. The van der Waals surface area contributed by atoms with E-state index in [0.29, 0.717) is 0 Å². The van der Waals surface area contributed by atoms with Crippen molar-refractivity contribution in [1.29, 1.82) is 0 Å². The molecule has 0 radical (unpaired) electrons. The third-order valence-corrected chi connectivity index (χ3v) is 2.70. The molecule has 0 aromatic heterocycles. The highest BCUT2D eigenvalue weighted by Gasteiger charge is 2.27. The van der Waals surface area contributed by atoms with Crippen molar-refractivity contribution >= 4 is 30.5 Å². The van der Waals surface area contributed by atoms with Crippen molar-refractivity contribution < 1.29 is 4.79 Å². The summed E-state index contributed by atoms with van der Waals surface area (Å²) in [6, 6.07) is 0. The van der Waals surface area contributed by atoms with Crippen molar-refractivity contribution in [3.05, 3.63) is 0 Å². The van der Waals surface area contributed by atoms with E-state index in [-0.39, 0.29) is 10.7 Å². The van der Waals surface area contributed by atoms with E-state index >= 15 is 0 Å². The van der Waals surface area contributed by atoms with Gasteiger partial charge in [-0.25, -0.2) is 0 Å². The van der Waals surface area contributed by atoms with E-state index in [9.17, 15) is 4.79 Å². The molecular formula is C6H13NOS2. The molecule has 0 aromatic carbocycles. The Morgan fingerprint density at radius 3 is 2.10 bits per heavy atom. The highest BCUT2D eigenvalue weighted by atomic mass is 32.2. The number of hydrogen-bond acceptors (Lipinski definition) is 3. The van der Waals surface area contributed by atoms with Crippen molar-refractivity contribution in [3.8, 4) is 0 Å². The van der Waals surface area contributed by atoms with Crippen molar-refractivity contribution in [2.45, 2.75) is 18.6 Å². The number of carbonyl (C=O) groups excluding carboxylic acids is 1. The predicted octanol–water partition coefficient (Wildman–Crippen LogP) is 1.43. The lowest BCUT2D eigenvalue weighted by Gasteiger charge is -2.23. The van der Waals surface area contributed by atoms with Crippen LogP contribution in [0.1, 0.15) is 13.8 Å². The summed E-state index contributed by atoms with van der Waals surface area (Å²) in [5, 5.41) is 0. The van der Waals surface area contributed by atoms with Crippen LogP contribution >= 0.6 is 24.6 Å². The van der Waals surface area contributed by atoms with Gasteiger partial charge >= 0.3 is 0 Å². The lowest BCUT2D eigenvalue weighted by Crippen LogP contribution is -2.35. The van der Waals surface area contributed by atoms with E-state index in [1.807, 2.05) is 20.1 Å². The van der Waals surface area contributed by atoms with E-state index in [1.54, 1.807) is 7.05 Å². The van der Waals surface area contributed by atoms with Crippen LogP contribution in [0.25, 0.3) is 0 Å². The smallest absolute Gasteiger partial charge is 0.247 e. The van der Waals surface area contributed by atoms with Gasteiger partial charge in [0.05, 0.1) is 4.75 Å². The normalized spacial score (nSPS) is 11.3. The van der Waals surface area contributed by atoms with Gasteiger partial charge in [0.25, 0.3) is 0 Å². The second-order valence-electron chi connectivity index (χ2n) is 2.54. The van der Waals surface area contributed by atoms with Crippen LogP contribution in [0, 0.1) is 0 Å². The lowest BCUT2D eigenvalue weighted by molar-refractivity contribution is -0.126. The Morgan fingerprint density at radius 2 is 2.00 bits per heavy atom. The molecule has 0 aliphatic rings. The zero-order valence-electron chi connectivity index (χ0n) is 6.71. The van der Waals surface area contributed by atoms with Gasteiger partial charge in [0, 0.05) is 7.05 Å². The van der Waals surface area contributed by atoms with Gasteiger partial charge in [-0.1, -0.05) is 12.8 Å². The van der Waals surface area contributed by atoms with Crippen molar-refractivity contribution in [2.24, 2.45) is 0 Å². The van der Waals surface area contributed by atoms with Crippen LogP contribution in [0.5, 0.6) is 0 Å². The Balaban J connectivity index is 4.19. The summed E-state index contributed by atoms with van der Waals surface area (Å²) < 4.78 is 0.965. The zero-order chi connectivity index (χ0) is 8.36. The third kappa shape index (κ3) is 2.42. The zero-order valence-corrected chi connectivity index (χ0v) is 8.42. The largest absolute Gasteiger partial charge is 0.291 e. The molecule has 0 atom stereocenters. The minimum atomic E-state index is -0.351. The van der Waals surface area contributed by atoms with Crippen molar-refractivity contribution in [1.82, 2.24) is 4.31 Å². The third-order valence-electron chi connectivity index (χ3n) is 1.32. The van der Waals surface area contributed by atoms with Gasteiger partial charge in [-0.2, -0.15) is 0 Å². The summed E-state index contributed by atoms with van der Waals surface area (Å²) in [4.78, 5) is 11.2. The van der Waals surface area contributed by atoms with E-state index in [4.69, 9.17) is 0 Å². The second kappa shape index (κ2) is 3.53. The van der Waals surface area contributed by atoms with Crippen LogP contribution in [0.4, 0.5) is 0 Å². The number of thiol groups is 1. The fourth-order valence-corrected chi connectivity index (χ4v) is 1.11. The van der Waals surface area contributed by atoms with E-state index < -0.39 is 0 Å². The monoisotopic (exact) mass is 179 g/mol. The summed E-state index contributed by atoms with van der Waals surface area (Å²) in [6.07, 6.45) is 1.91. The van der Waals surface area contributed by atoms with Crippen LogP contribution in [0.2, 0.25) is 0 Å². The average molecular weight is 179 g/mol. The Bertz CT molecular complexity index is 134. The van der Waals surface area contributed by atoms with Crippen LogP contribution in [0.15, 0.2) is 0 Å². The first-order chi connectivity index (χ1) is 4.41. The molecule has 10 heavy (non-hydrogen) atoms. The molecule has 0 saturated carbocycles. The molecule has 0 rings (SSSR count). The summed E-state index contributed by atoms with van der Waals surface area (Å²) in [6.45, 7) is 3.76. The van der Waals surface area contributed by atoms with E-state index in [0.717, 1.165) is 0 Å². The molecule has 0 bridgehead atoms. The molecule has 4 heteroatoms. The van der Waals surface area contributed by atoms with Crippen LogP contribution in [0.3, 0.4) is 0 Å². The van der Waals surface area contributed by atoms with Crippen LogP contribution in [-0.2, 0) is 4.79 Å². The highest BCUT2D eigenvalue weighted by Crippen LogP contribution is 2.23. The standard InChI is InChI=1S/C6H13NOS2/c1-6(2,10-4)5(8)7(3)9/h9H,1-4H3. The summed E-state index contributed by atoms with van der Waals surface area (Å²) in [5.74, 6) is 0.0309. The number of carbonyl (C=O) groups is 1. The maximum Gasteiger partial charge on any atom is 0.247 e. The molecule has 0 aliphatic heterocycles. The first kappa shape index (κ1) is 10.2. The maximum atomic E-state index is 11.2. The molecule has 1 amide bonds. The van der Waals surface area contributed by atoms with Crippen LogP contribution in [-0.4, -0.2) is 28.3 Å². The lowest BCUT2D eigenvalue weighted by atomic mass is 10.2. The molecular weight excluding hydrogens is 166 g/mol. The van der Waals surface area contributed by atoms with Crippen LogP contribution < -0.4 is 0 Å². The summed E-state index contributed by atoms with van der Waals surface area (Å²) in [5.41, 5.74) is 0. The van der Waals surface area contributed by atoms with Gasteiger partial charge in [-0.15, -0.1) is 11.8 Å². The Morgan fingerprint density at radius 1 is 1.60 bits per heavy atom. The van der Waals surface area contributed by atoms with E-state index in [1.165, 1.54) is 16.1 Å². The van der Waals surface area contributed by atoms with Gasteiger partial charge < -0.3 is 0 Å². The van der Waals surface area contributed by atoms with Gasteiger partial charge in [0.15, 0.2) is 0 Å². The predicted molar refractivity (Wildman–Crippen MR) is 49.4 cm³/mol. The van der Waals surface area contributed by atoms with Gasteiger partial charge in [0.1, 0.15) is 0 Å². The molecule has 2 nitrogen and oxygen atoms in total. The fraction of sp³-hybridized carbons (Fsp3) is 0.833. The molecule has 0 N–H and O–H groups in total. The molecule has 0 spiro atoms. The molecule has 0 saturated heterocycles. The number of thioether (sulfide) groups is 1. The Labute approximate surface area is 71.9 Å². The Kier molecular flexibility index (Phi) is 3.59. The quantitative estimate of drug-likeness (QED) is 0.647. The van der Waals surface area contributed by atoms with Crippen molar-refractivity contribution in [2.75, 3.05) is 13.3 Å². The molecule has 60 valence electrons. The minimum absolute atomic E-state index is 0.0309. The number of nitrogens with zero attached hydrogens (tertiary/aromatic N) is 1. The SMILES string of the molecule is CSC(C)(C)C(=O)N(C)S. The summed E-state index contributed by atoms with van der Waals surface area (Å²) >= 11 is 5.43. The number of amides is 1. The Hall–Kier alpha value is 0.170. The number of rotatable bonds is 2. The average Bonchev–Trinajstić information content (AvgIpc) is 1.86. The summed E-state index contributed by atoms with van der Waals surface area (Å²) in [7, 11) is 1.64. The first-order valence-corrected chi connectivity index (χ1v) is 4.56. The molecule has 0 unspecified atom stereocenters. The molecule has 0 aromatic rings. The highest BCUT2D eigenvalue weighted by molar-refractivity contribution is 8.00. The second-order valence-corrected chi connectivity index (χ2v) is 4.57. The number of hydrogen-bond donors (Lipinski definition) is 1. The fourth-order valence-electron chi connectivity index (χ4n) is 0.477. The molecule has 0 aliphatic carbocycles. The van der Waals surface area contributed by atoms with Gasteiger partial charge in [-0.3, -0.25) is 9.10 Å². The molecule has 0 heterocycles. The molecule has 0 fully saturated rings. The minimum Gasteiger partial charge on any atom is -0.291 e. The van der Waals surface area contributed by atoms with Crippen molar-refractivity contribution in [3.63, 3.8) is 0 Å². The van der Waals surface area contributed by atoms with Gasteiger partial charge in [-0.05, 0) is 20.1 Å². The van der Waals surface area contributed by atoms with E-state index in [2.05, 4.69) is 12.8 Å². The topological polar surface area (TPSA) is 20.3 Å². The first-order valence-electron chi connectivity index (χ1n) is 2.94. The van der Waals surface area contributed by atoms with Gasteiger partial charge in [0.2, 0.25) is 5.91 Å².